The Balaban J connectivity index is 1.90. The molecule has 2 heterocycles. The van der Waals surface area contributed by atoms with Crippen molar-refractivity contribution >= 4 is 21.7 Å². The van der Waals surface area contributed by atoms with Gasteiger partial charge in [-0.2, -0.15) is 5.10 Å². The van der Waals surface area contributed by atoms with Gasteiger partial charge in [-0.05, 0) is 24.6 Å². The molecule has 1 aromatic carbocycles. The molecule has 0 bridgehead atoms. The zero-order chi connectivity index (χ0) is 18.7. The van der Waals surface area contributed by atoms with Crippen LogP contribution in [0.4, 0.5) is 11.6 Å². The van der Waals surface area contributed by atoms with Crippen LogP contribution in [0.15, 0.2) is 47.8 Å². The predicted molar refractivity (Wildman–Crippen MR) is 99.6 cm³/mol. The zero-order valence-corrected chi connectivity index (χ0v) is 15.6. The number of hydrogen-bond acceptors (Lipinski definition) is 6. The highest BCUT2D eigenvalue weighted by Gasteiger charge is 2.13. The fourth-order valence-corrected chi connectivity index (χ4v) is 3.52. The lowest BCUT2D eigenvalue weighted by Crippen LogP contribution is -2.22. The lowest BCUT2D eigenvalue weighted by atomic mass is 10.1. The van der Waals surface area contributed by atoms with Gasteiger partial charge in [-0.3, -0.25) is 4.68 Å². The first-order valence-corrected chi connectivity index (χ1v) is 9.57. The van der Waals surface area contributed by atoms with Crippen LogP contribution >= 0.6 is 0 Å². The molecule has 0 saturated heterocycles. The summed E-state index contributed by atoms with van der Waals surface area (Å²) in [4.78, 5) is 9.06. The molecule has 0 atom stereocenters. The lowest BCUT2D eigenvalue weighted by molar-refractivity contribution is 0.584. The van der Waals surface area contributed by atoms with Crippen molar-refractivity contribution in [2.45, 2.75) is 18.7 Å². The molecule has 0 radical (unpaired) electrons. The molecule has 3 rings (SSSR count). The number of aromatic nitrogens is 4. The Morgan fingerprint density at radius 2 is 1.88 bits per heavy atom. The van der Waals surface area contributed by atoms with Gasteiger partial charge in [0.25, 0.3) is 0 Å². The van der Waals surface area contributed by atoms with E-state index in [-0.39, 0.29) is 4.90 Å². The summed E-state index contributed by atoms with van der Waals surface area (Å²) in [7, 11) is -1.64. The second kappa shape index (κ2) is 7.22. The van der Waals surface area contributed by atoms with Gasteiger partial charge in [0.05, 0.1) is 22.5 Å². The largest absolute Gasteiger partial charge is 0.321 e. The van der Waals surface area contributed by atoms with Gasteiger partial charge in [-0.15, -0.1) is 0 Å². The normalized spacial score (nSPS) is 11.5. The highest BCUT2D eigenvalue weighted by molar-refractivity contribution is 7.89. The maximum absolute atomic E-state index is 12.1. The van der Waals surface area contributed by atoms with E-state index in [2.05, 4.69) is 25.1 Å². The van der Waals surface area contributed by atoms with Crippen LogP contribution in [0.25, 0.3) is 11.3 Å². The average molecular weight is 372 g/mol. The van der Waals surface area contributed by atoms with E-state index in [1.807, 2.05) is 20.2 Å². The third-order valence-electron chi connectivity index (χ3n) is 3.71. The monoisotopic (exact) mass is 372 g/mol. The predicted octanol–water partition coefficient (Wildman–Crippen LogP) is 2.23. The van der Waals surface area contributed by atoms with Crippen LogP contribution in [-0.4, -0.2) is 34.7 Å². The van der Waals surface area contributed by atoms with Gasteiger partial charge >= 0.3 is 0 Å². The minimum atomic E-state index is -3.47. The van der Waals surface area contributed by atoms with Gasteiger partial charge < -0.3 is 5.32 Å². The van der Waals surface area contributed by atoms with Gasteiger partial charge in [-0.25, -0.2) is 23.1 Å². The van der Waals surface area contributed by atoms with Crippen molar-refractivity contribution in [1.29, 1.82) is 0 Å². The smallest absolute Gasteiger partial charge is 0.240 e. The number of anilines is 2. The molecule has 8 nitrogen and oxygen atoms in total. The number of hydrogen-bond donors (Lipinski definition) is 2. The Labute approximate surface area is 152 Å². The zero-order valence-electron chi connectivity index (χ0n) is 14.8. The highest BCUT2D eigenvalue weighted by atomic mass is 32.2. The van der Waals surface area contributed by atoms with E-state index in [1.165, 1.54) is 0 Å². The molecule has 2 aromatic heterocycles. The van der Waals surface area contributed by atoms with E-state index in [1.54, 1.807) is 48.3 Å². The van der Waals surface area contributed by atoms with Gasteiger partial charge in [-0.1, -0.05) is 19.1 Å². The lowest BCUT2D eigenvalue weighted by Gasteiger charge is -2.09. The number of sulfonamides is 1. The SMILES string of the molecule is CCNS(=O)(=O)c1ccc(-c2nc(Nc3cnn(C)c3)ncc2C)cc1. The molecular formula is C17H20N6O2S. The average Bonchev–Trinajstić information content (AvgIpc) is 3.01. The number of nitrogens with zero attached hydrogens (tertiary/aromatic N) is 4. The molecular weight excluding hydrogens is 352 g/mol. The summed E-state index contributed by atoms with van der Waals surface area (Å²) in [5.41, 5.74) is 3.23. The van der Waals surface area contributed by atoms with E-state index in [0.717, 1.165) is 22.5 Å². The van der Waals surface area contributed by atoms with E-state index < -0.39 is 10.0 Å². The second-order valence-corrected chi connectivity index (χ2v) is 7.55. The van der Waals surface area contributed by atoms with Gasteiger partial charge in [0.15, 0.2) is 0 Å². The molecule has 0 amide bonds. The maximum Gasteiger partial charge on any atom is 0.240 e. The summed E-state index contributed by atoms with van der Waals surface area (Å²) in [6, 6.07) is 6.63. The summed E-state index contributed by atoms with van der Waals surface area (Å²) < 4.78 is 28.3. The Bertz CT molecular complexity index is 1010. The first-order chi connectivity index (χ1) is 12.4. The fourth-order valence-electron chi connectivity index (χ4n) is 2.47. The summed E-state index contributed by atoms with van der Waals surface area (Å²) in [5, 5.41) is 7.20. The van der Waals surface area contributed by atoms with Crippen molar-refractivity contribution in [2.75, 3.05) is 11.9 Å². The maximum atomic E-state index is 12.1. The molecule has 0 aliphatic carbocycles. The van der Waals surface area contributed by atoms with Crippen LogP contribution in [0.1, 0.15) is 12.5 Å². The summed E-state index contributed by atoms with van der Waals surface area (Å²) >= 11 is 0. The van der Waals surface area contributed by atoms with E-state index >= 15 is 0 Å². The molecule has 0 aliphatic heterocycles. The van der Waals surface area contributed by atoms with Crippen molar-refractivity contribution < 1.29 is 8.42 Å². The van der Waals surface area contributed by atoms with Crippen LogP contribution in [0.2, 0.25) is 0 Å². The van der Waals surface area contributed by atoms with Gasteiger partial charge in [0.2, 0.25) is 16.0 Å². The molecule has 0 spiro atoms. The Kier molecular flexibility index (Phi) is 5.01. The standard InChI is InChI=1S/C17H20N6O2S/c1-4-20-26(24,25)15-7-5-13(6-8-15)16-12(2)9-18-17(22-16)21-14-10-19-23(3)11-14/h5-11,20H,4H2,1-3H3,(H,18,21,22). The van der Waals surface area contributed by atoms with Crippen molar-refractivity contribution in [3.05, 3.63) is 48.4 Å². The number of benzene rings is 1. The fraction of sp³-hybridized carbons (Fsp3) is 0.235. The van der Waals surface area contributed by atoms with Crippen molar-refractivity contribution in [2.24, 2.45) is 7.05 Å². The van der Waals surface area contributed by atoms with Crippen LogP contribution in [0, 0.1) is 6.92 Å². The van der Waals surface area contributed by atoms with Gasteiger partial charge in [0, 0.05) is 31.5 Å². The first-order valence-electron chi connectivity index (χ1n) is 8.08. The summed E-state index contributed by atoms with van der Waals surface area (Å²) in [6.07, 6.45) is 5.23. The van der Waals surface area contributed by atoms with E-state index in [4.69, 9.17) is 0 Å². The van der Waals surface area contributed by atoms with Crippen molar-refractivity contribution in [3.8, 4) is 11.3 Å². The molecule has 3 aromatic rings. The second-order valence-electron chi connectivity index (χ2n) is 5.78. The quantitative estimate of drug-likeness (QED) is 0.688. The Hall–Kier alpha value is -2.78. The molecule has 0 aliphatic rings. The third-order valence-corrected chi connectivity index (χ3v) is 5.27. The minimum absolute atomic E-state index is 0.225. The third kappa shape index (κ3) is 3.89. The molecule has 136 valence electrons. The number of nitrogens with one attached hydrogen (secondary N) is 2. The van der Waals surface area contributed by atoms with E-state index in [0.29, 0.717) is 12.5 Å². The van der Waals surface area contributed by atoms with Gasteiger partial charge in [0.1, 0.15) is 0 Å². The van der Waals surface area contributed by atoms with Crippen LogP contribution in [0.3, 0.4) is 0 Å². The number of aryl methyl sites for hydroxylation is 2. The summed E-state index contributed by atoms with van der Waals surface area (Å²) in [6.45, 7) is 4.00. The molecule has 26 heavy (non-hydrogen) atoms. The van der Waals surface area contributed by atoms with Crippen LogP contribution in [0.5, 0.6) is 0 Å². The van der Waals surface area contributed by atoms with Crippen molar-refractivity contribution in [1.82, 2.24) is 24.5 Å². The number of rotatable bonds is 6. The van der Waals surface area contributed by atoms with E-state index in [9.17, 15) is 8.42 Å². The Morgan fingerprint density at radius 3 is 2.50 bits per heavy atom. The molecule has 0 saturated carbocycles. The molecule has 2 N–H and O–H groups in total. The first kappa shape index (κ1) is 18.0. The molecule has 9 heteroatoms. The topological polar surface area (TPSA) is 102 Å². The Morgan fingerprint density at radius 1 is 1.15 bits per heavy atom. The summed E-state index contributed by atoms with van der Waals surface area (Å²) in [5.74, 6) is 0.447. The van der Waals surface area contributed by atoms with Crippen LogP contribution in [-0.2, 0) is 17.1 Å². The molecule has 0 unspecified atom stereocenters. The highest BCUT2D eigenvalue weighted by Crippen LogP contribution is 2.24. The van der Waals surface area contributed by atoms with Crippen LogP contribution < -0.4 is 10.0 Å². The molecule has 0 fully saturated rings. The minimum Gasteiger partial charge on any atom is -0.321 e. The van der Waals surface area contributed by atoms with Crippen molar-refractivity contribution in [3.63, 3.8) is 0 Å².